The largest absolute Gasteiger partial charge is 0.431 e. The zero-order chi connectivity index (χ0) is 18.6. The molecule has 4 aromatic rings. The third-order valence-corrected chi connectivity index (χ3v) is 4.85. The number of oxazole rings is 1. The first-order chi connectivity index (χ1) is 13.2. The molecular formula is C21H15FN2O2S. The molecule has 0 unspecified atom stereocenters. The number of halogens is 1. The van der Waals surface area contributed by atoms with Crippen LogP contribution in [-0.2, 0) is 4.79 Å². The maximum Gasteiger partial charge on any atom is 0.256 e. The lowest BCUT2D eigenvalue weighted by atomic mass is 10.1. The number of anilines is 1. The molecule has 1 amide bonds. The van der Waals surface area contributed by atoms with Crippen LogP contribution >= 0.6 is 11.8 Å². The highest BCUT2D eigenvalue weighted by Crippen LogP contribution is 2.26. The summed E-state index contributed by atoms with van der Waals surface area (Å²) in [5, 5.41) is 5.38. The molecule has 0 fully saturated rings. The minimum Gasteiger partial charge on any atom is -0.431 e. The van der Waals surface area contributed by atoms with Crippen molar-refractivity contribution in [1.82, 2.24) is 4.98 Å². The Labute approximate surface area is 159 Å². The van der Waals surface area contributed by atoms with Crippen LogP contribution in [0.1, 0.15) is 0 Å². The van der Waals surface area contributed by atoms with Gasteiger partial charge in [-0.3, -0.25) is 4.79 Å². The van der Waals surface area contributed by atoms with Gasteiger partial charge in [0, 0.05) is 16.6 Å². The number of carbonyl (C=O) groups is 1. The molecule has 0 aliphatic rings. The fourth-order valence-electron chi connectivity index (χ4n) is 2.72. The predicted molar refractivity (Wildman–Crippen MR) is 105 cm³/mol. The molecule has 3 aromatic carbocycles. The van der Waals surface area contributed by atoms with E-state index in [1.807, 2.05) is 42.5 Å². The van der Waals surface area contributed by atoms with E-state index in [1.165, 1.54) is 23.9 Å². The van der Waals surface area contributed by atoms with E-state index in [1.54, 1.807) is 18.3 Å². The minimum absolute atomic E-state index is 0.141. The highest BCUT2D eigenvalue weighted by molar-refractivity contribution is 7.99. The van der Waals surface area contributed by atoms with Crippen molar-refractivity contribution in [2.45, 2.75) is 5.22 Å². The van der Waals surface area contributed by atoms with Crippen molar-refractivity contribution in [2.75, 3.05) is 11.1 Å². The Kier molecular flexibility index (Phi) is 4.89. The standard InChI is InChI=1S/C21H15FN2O2S/c22-16-10-8-15(9-11-16)19-12-23-21(26-19)27-13-20(25)24-18-7-3-5-14-4-1-2-6-17(14)18/h1-12H,13H2,(H,24,25). The van der Waals surface area contributed by atoms with Gasteiger partial charge in [-0.15, -0.1) is 0 Å². The predicted octanol–water partition coefficient (Wildman–Crippen LogP) is 5.36. The number of nitrogens with one attached hydrogen (secondary N) is 1. The van der Waals surface area contributed by atoms with Crippen molar-refractivity contribution in [2.24, 2.45) is 0 Å². The van der Waals surface area contributed by atoms with E-state index < -0.39 is 0 Å². The molecule has 0 radical (unpaired) electrons. The summed E-state index contributed by atoms with van der Waals surface area (Å²) in [5.74, 6) is 0.259. The van der Waals surface area contributed by atoms with Gasteiger partial charge in [0.1, 0.15) is 5.82 Å². The van der Waals surface area contributed by atoms with Crippen molar-refractivity contribution in [1.29, 1.82) is 0 Å². The quantitative estimate of drug-likeness (QED) is 0.475. The zero-order valence-corrected chi connectivity index (χ0v) is 15.0. The topological polar surface area (TPSA) is 55.1 Å². The molecule has 0 aliphatic carbocycles. The van der Waals surface area contributed by atoms with Crippen molar-refractivity contribution in [3.05, 3.63) is 78.7 Å². The summed E-state index contributed by atoms with van der Waals surface area (Å²) in [5.41, 5.74) is 1.51. The van der Waals surface area contributed by atoms with Gasteiger partial charge in [0.15, 0.2) is 5.76 Å². The number of amides is 1. The number of hydrogen-bond donors (Lipinski definition) is 1. The molecule has 4 rings (SSSR count). The molecule has 1 heterocycles. The van der Waals surface area contributed by atoms with Gasteiger partial charge in [0.05, 0.1) is 11.9 Å². The molecule has 27 heavy (non-hydrogen) atoms. The average Bonchev–Trinajstić information content (AvgIpc) is 3.16. The number of rotatable bonds is 5. The number of aromatic nitrogens is 1. The highest BCUT2D eigenvalue weighted by atomic mass is 32.2. The Balaban J connectivity index is 1.40. The zero-order valence-electron chi connectivity index (χ0n) is 14.2. The summed E-state index contributed by atoms with van der Waals surface area (Å²) in [6.07, 6.45) is 1.57. The van der Waals surface area contributed by atoms with Crippen molar-refractivity contribution in [3.63, 3.8) is 0 Å². The van der Waals surface area contributed by atoms with Gasteiger partial charge in [-0.05, 0) is 35.7 Å². The number of nitrogens with zero attached hydrogens (tertiary/aromatic N) is 1. The lowest BCUT2D eigenvalue weighted by Gasteiger charge is -2.08. The molecule has 0 saturated heterocycles. The van der Waals surface area contributed by atoms with E-state index in [4.69, 9.17) is 4.42 Å². The lowest BCUT2D eigenvalue weighted by molar-refractivity contribution is -0.113. The van der Waals surface area contributed by atoms with Crippen molar-refractivity contribution < 1.29 is 13.6 Å². The summed E-state index contributed by atoms with van der Waals surface area (Å²) in [7, 11) is 0. The third kappa shape index (κ3) is 4.01. The Morgan fingerprint density at radius 3 is 2.67 bits per heavy atom. The van der Waals surface area contributed by atoms with E-state index in [0.717, 1.165) is 22.0 Å². The van der Waals surface area contributed by atoms with Gasteiger partial charge in [0.25, 0.3) is 5.22 Å². The fraction of sp³-hybridized carbons (Fsp3) is 0.0476. The van der Waals surface area contributed by atoms with E-state index >= 15 is 0 Å². The van der Waals surface area contributed by atoms with Crippen LogP contribution in [-0.4, -0.2) is 16.6 Å². The summed E-state index contributed by atoms with van der Waals surface area (Å²) in [6.45, 7) is 0. The van der Waals surface area contributed by atoms with Gasteiger partial charge in [-0.2, -0.15) is 0 Å². The lowest BCUT2D eigenvalue weighted by Crippen LogP contribution is -2.14. The molecule has 6 heteroatoms. The van der Waals surface area contributed by atoms with Crippen LogP contribution < -0.4 is 5.32 Å². The molecule has 134 valence electrons. The SMILES string of the molecule is O=C(CSc1ncc(-c2ccc(F)cc2)o1)Nc1cccc2ccccc12. The number of carbonyl (C=O) groups excluding carboxylic acids is 1. The summed E-state index contributed by atoms with van der Waals surface area (Å²) < 4.78 is 18.6. The molecule has 1 N–H and O–H groups in total. The van der Waals surface area contributed by atoms with Crippen molar-refractivity contribution >= 4 is 34.1 Å². The van der Waals surface area contributed by atoms with Crippen LogP contribution in [0.5, 0.6) is 0 Å². The van der Waals surface area contributed by atoms with Gasteiger partial charge < -0.3 is 9.73 Å². The number of benzene rings is 3. The molecule has 4 nitrogen and oxygen atoms in total. The van der Waals surface area contributed by atoms with E-state index in [9.17, 15) is 9.18 Å². The Morgan fingerprint density at radius 2 is 1.81 bits per heavy atom. The highest BCUT2D eigenvalue weighted by Gasteiger charge is 2.11. The average molecular weight is 378 g/mol. The van der Waals surface area contributed by atoms with Crippen LogP contribution in [0, 0.1) is 5.82 Å². The fourth-order valence-corrected chi connectivity index (χ4v) is 3.32. The molecule has 0 aliphatic heterocycles. The molecule has 0 saturated carbocycles. The summed E-state index contributed by atoms with van der Waals surface area (Å²) >= 11 is 1.21. The van der Waals surface area contributed by atoms with Crippen LogP contribution in [0.25, 0.3) is 22.1 Å². The van der Waals surface area contributed by atoms with Crippen LogP contribution in [0.15, 0.2) is 82.6 Å². The first-order valence-electron chi connectivity index (χ1n) is 8.31. The first-order valence-corrected chi connectivity index (χ1v) is 9.30. The maximum atomic E-state index is 13.0. The number of thioether (sulfide) groups is 1. The van der Waals surface area contributed by atoms with E-state index in [2.05, 4.69) is 10.3 Å². The maximum absolute atomic E-state index is 13.0. The normalized spacial score (nSPS) is 10.9. The second kappa shape index (κ2) is 7.63. The Bertz CT molecular complexity index is 1090. The molecule has 0 spiro atoms. The molecule has 0 atom stereocenters. The number of fused-ring (bicyclic) bond motifs is 1. The van der Waals surface area contributed by atoms with Gasteiger partial charge in [-0.25, -0.2) is 9.37 Å². The number of hydrogen-bond acceptors (Lipinski definition) is 4. The molecule has 1 aromatic heterocycles. The van der Waals surface area contributed by atoms with E-state index in [-0.39, 0.29) is 17.5 Å². The second-order valence-electron chi connectivity index (χ2n) is 5.86. The van der Waals surface area contributed by atoms with Crippen molar-refractivity contribution in [3.8, 4) is 11.3 Å². The summed E-state index contributed by atoms with van der Waals surface area (Å²) in [4.78, 5) is 16.5. The van der Waals surface area contributed by atoms with E-state index in [0.29, 0.717) is 11.0 Å². The van der Waals surface area contributed by atoms with Crippen LogP contribution in [0.4, 0.5) is 10.1 Å². The smallest absolute Gasteiger partial charge is 0.256 e. The van der Waals surface area contributed by atoms with Gasteiger partial charge >= 0.3 is 0 Å². The van der Waals surface area contributed by atoms with Crippen LogP contribution in [0.3, 0.4) is 0 Å². The van der Waals surface area contributed by atoms with Gasteiger partial charge in [-0.1, -0.05) is 48.2 Å². The third-order valence-electron chi connectivity index (χ3n) is 4.00. The summed E-state index contributed by atoms with van der Waals surface area (Å²) in [6, 6.07) is 19.6. The first kappa shape index (κ1) is 17.3. The monoisotopic (exact) mass is 378 g/mol. The molecular weight excluding hydrogens is 363 g/mol. The Morgan fingerprint density at radius 1 is 1.04 bits per heavy atom. The van der Waals surface area contributed by atoms with Gasteiger partial charge in [0.2, 0.25) is 5.91 Å². The Hall–Kier alpha value is -3.12. The van der Waals surface area contributed by atoms with Crippen LogP contribution in [0.2, 0.25) is 0 Å². The molecule has 0 bridgehead atoms. The second-order valence-corrected chi connectivity index (χ2v) is 6.79. The minimum atomic E-state index is -0.307.